The molecule has 0 aliphatic rings. The van der Waals surface area contributed by atoms with Crippen molar-refractivity contribution >= 4 is 12.8 Å². The molecule has 0 fully saturated rings. The van der Waals surface area contributed by atoms with Gasteiger partial charge in [0.2, 0.25) is 12.8 Å². The molecule has 0 aliphatic heterocycles. The molecule has 4 nitrogen and oxygen atoms in total. The van der Waals surface area contributed by atoms with Gasteiger partial charge in [0.1, 0.15) is 0 Å². The zero-order valence-corrected chi connectivity index (χ0v) is 8.25. The van der Waals surface area contributed by atoms with Crippen molar-refractivity contribution in [3.05, 3.63) is 0 Å². The molecule has 76 valence electrons. The van der Waals surface area contributed by atoms with Crippen molar-refractivity contribution in [3.8, 4) is 0 Å². The van der Waals surface area contributed by atoms with Crippen LogP contribution in [0.2, 0.25) is 0 Å². The highest BCUT2D eigenvalue weighted by molar-refractivity contribution is 5.47. The van der Waals surface area contributed by atoms with E-state index in [0.29, 0.717) is 12.8 Å². The maximum absolute atomic E-state index is 10.2. The zero-order chi connectivity index (χ0) is 10.1. The number of carbonyl (C=O) groups is 2. The largest absolute Gasteiger partial charge is 0.356 e. The van der Waals surface area contributed by atoms with Crippen LogP contribution in [0.3, 0.4) is 0 Å². The minimum absolute atomic E-state index is 0.162. The average Bonchev–Trinajstić information content (AvgIpc) is 2.16. The van der Waals surface area contributed by atoms with Crippen LogP contribution < -0.4 is 10.6 Å². The van der Waals surface area contributed by atoms with Gasteiger partial charge in [-0.2, -0.15) is 0 Å². The van der Waals surface area contributed by atoms with E-state index in [2.05, 4.69) is 10.6 Å². The molecule has 0 aromatic heterocycles. The zero-order valence-electron chi connectivity index (χ0n) is 8.25. The second-order valence-electron chi connectivity index (χ2n) is 3.02. The normalized spacial score (nSPS) is 14.3. The van der Waals surface area contributed by atoms with Crippen LogP contribution in [-0.4, -0.2) is 24.9 Å². The average molecular weight is 186 g/mol. The van der Waals surface area contributed by atoms with Crippen LogP contribution >= 0.6 is 0 Å². The highest BCUT2D eigenvalue weighted by Crippen LogP contribution is 2.04. The molecule has 2 amide bonds. The van der Waals surface area contributed by atoms with Crippen LogP contribution in [0.4, 0.5) is 0 Å². The molecular weight excluding hydrogens is 168 g/mol. The fourth-order valence-electron chi connectivity index (χ4n) is 1.24. The number of carbonyl (C=O) groups excluding carboxylic acids is 2. The molecule has 2 unspecified atom stereocenters. The van der Waals surface area contributed by atoms with E-state index < -0.39 is 0 Å². The molecule has 0 aliphatic carbocycles. The highest BCUT2D eigenvalue weighted by atomic mass is 16.1. The van der Waals surface area contributed by atoms with Gasteiger partial charge >= 0.3 is 0 Å². The quantitative estimate of drug-likeness (QED) is 0.540. The third kappa shape index (κ3) is 5.22. The van der Waals surface area contributed by atoms with Crippen LogP contribution in [0.5, 0.6) is 0 Å². The summed E-state index contributed by atoms with van der Waals surface area (Å²) < 4.78 is 0. The monoisotopic (exact) mass is 186 g/mol. The summed E-state index contributed by atoms with van der Waals surface area (Å²) in [5.41, 5.74) is 0. The van der Waals surface area contributed by atoms with Gasteiger partial charge in [-0.3, -0.25) is 9.59 Å². The lowest BCUT2D eigenvalue weighted by Crippen LogP contribution is -2.37. The first-order chi connectivity index (χ1) is 6.28. The second kappa shape index (κ2) is 7.58. The Morgan fingerprint density at radius 1 is 1.00 bits per heavy atom. The lowest BCUT2D eigenvalue weighted by Gasteiger charge is -2.20. The number of hydrogen-bond acceptors (Lipinski definition) is 2. The molecule has 0 radical (unpaired) electrons. The van der Waals surface area contributed by atoms with Gasteiger partial charge in [0, 0.05) is 12.1 Å². The van der Waals surface area contributed by atoms with Gasteiger partial charge < -0.3 is 10.6 Å². The summed E-state index contributed by atoms with van der Waals surface area (Å²) >= 11 is 0. The highest BCUT2D eigenvalue weighted by Gasteiger charge is 2.11. The predicted molar refractivity (Wildman–Crippen MR) is 51.2 cm³/mol. The van der Waals surface area contributed by atoms with Crippen LogP contribution in [-0.2, 0) is 9.59 Å². The molecule has 2 N–H and O–H groups in total. The lowest BCUT2D eigenvalue weighted by atomic mass is 10.0. The van der Waals surface area contributed by atoms with Gasteiger partial charge in [-0.25, -0.2) is 0 Å². The summed E-state index contributed by atoms with van der Waals surface area (Å²) in [6.07, 6.45) is 3.99. The molecule has 0 rings (SSSR count). The van der Waals surface area contributed by atoms with E-state index in [-0.39, 0.29) is 12.1 Å². The summed E-state index contributed by atoms with van der Waals surface area (Å²) in [5.74, 6) is 0. The summed E-state index contributed by atoms with van der Waals surface area (Å²) in [6.45, 7) is 4.02. The Kier molecular flexibility index (Phi) is 6.96. The first-order valence-electron chi connectivity index (χ1n) is 4.67. The van der Waals surface area contributed by atoms with E-state index in [1.807, 2.05) is 13.8 Å². The van der Waals surface area contributed by atoms with Crippen molar-refractivity contribution in [1.29, 1.82) is 0 Å². The van der Waals surface area contributed by atoms with E-state index >= 15 is 0 Å². The first kappa shape index (κ1) is 11.9. The van der Waals surface area contributed by atoms with Gasteiger partial charge in [-0.05, 0) is 19.3 Å². The smallest absolute Gasteiger partial charge is 0.207 e. The Labute approximate surface area is 79.1 Å². The van der Waals surface area contributed by atoms with Gasteiger partial charge in [-0.1, -0.05) is 13.8 Å². The van der Waals surface area contributed by atoms with Crippen LogP contribution in [0.25, 0.3) is 0 Å². The Morgan fingerprint density at radius 3 is 1.62 bits per heavy atom. The third-order valence-corrected chi connectivity index (χ3v) is 2.16. The van der Waals surface area contributed by atoms with Crippen LogP contribution in [0.1, 0.15) is 33.1 Å². The first-order valence-corrected chi connectivity index (χ1v) is 4.67. The second-order valence-corrected chi connectivity index (χ2v) is 3.02. The Morgan fingerprint density at radius 2 is 1.38 bits per heavy atom. The van der Waals surface area contributed by atoms with E-state index in [9.17, 15) is 9.59 Å². The van der Waals surface area contributed by atoms with Crippen molar-refractivity contribution in [3.63, 3.8) is 0 Å². The predicted octanol–water partition coefficient (Wildman–Crippen LogP) is 0.426. The van der Waals surface area contributed by atoms with Crippen molar-refractivity contribution in [2.24, 2.45) is 0 Å². The molecule has 0 heterocycles. The molecule has 0 aromatic rings. The maximum atomic E-state index is 10.2. The summed E-state index contributed by atoms with van der Waals surface area (Å²) in [5, 5.41) is 5.44. The molecule has 0 bridgehead atoms. The van der Waals surface area contributed by atoms with Crippen molar-refractivity contribution in [1.82, 2.24) is 10.6 Å². The molecule has 2 atom stereocenters. The van der Waals surface area contributed by atoms with E-state index in [1.54, 1.807) is 0 Å². The molecular formula is C9H18N2O2. The minimum Gasteiger partial charge on any atom is -0.356 e. The molecule has 0 saturated carbocycles. The van der Waals surface area contributed by atoms with Gasteiger partial charge in [0.25, 0.3) is 0 Å². The molecule has 13 heavy (non-hydrogen) atoms. The standard InChI is InChI=1S/C9H18N2O2/c1-3-8(10-6-12)5-9(4-2)11-7-13/h6-9H,3-5H2,1-2H3,(H,10,12)(H,11,13). The maximum Gasteiger partial charge on any atom is 0.207 e. The number of hydrogen-bond donors (Lipinski definition) is 2. The fourth-order valence-corrected chi connectivity index (χ4v) is 1.24. The molecule has 0 aromatic carbocycles. The number of nitrogens with one attached hydrogen (secondary N) is 2. The van der Waals surface area contributed by atoms with Gasteiger partial charge in [0.15, 0.2) is 0 Å². The van der Waals surface area contributed by atoms with Gasteiger partial charge in [0.05, 0.1) is 0 Å². The number of amides is 2. The van der Waals surface area contributed by atoms with Crippen molar-refractivity contribution in [2.45, 2.75) is 45.2 Å². The Bertz CT molecular complexity index is 135. The van der Waals surface area contributed by atoms with E-state index in [0.717, 1.165) is 19.3 Å². The fraction of sp³-hybridized carbons (Fsp3) is 0.778. The Balaban J connectivity index is 3.85. The van der Waals surface area contributed by atoms with Crippen LogP contribution in [0, 0.1) is 0 Å². The lowest BCUT2D eigenvalue weighted by molar-refractivity contribution is -0.110. The minimum atomic E-state index is 0.162. The van der Waals surface area contributed by atoms with Crippen LogP contribution in [0.15, 0.2) is 0 Å². The summed E-state index contributed by atoms with van der Waals surface area (Å²) in [4.78, 5) is 20.4. The van der Waals surface area contributed by atoms with Crippen molar-refractivity contribution < 1.29 is 9.59 Å². The van der Waals surface area contributed by atoms with E-state index in [4.69, 9.17) is 0 Å². The SMILES string of the molecule is CCC(CC(CC)NC=O)NC=O. The van der Waals surface area contributed by atoms with Crippen molar-refractivity contribution in [2.75, 3.05) is 0 Å². The number of rotatable bonds is 8. The molecule has 0 spiro atoms. The van der Waals surface area contributed by atoms with Gasteiger partial charge in [-0.15, -0.1) is 0 Å². The third-order valence-electron chi connectivity index (χ3n) is 2.16. The van der Waals surface area contributed by atoms with E-state index in [1.165, 1.54) is 0 Å². The summed E-state index contributed by atoms with van der Waals surface area (Å²) in [7, 11) is 0. The molecule has 4 heteroatoms. The Hall–Kier alpha value is -1.06. The summed E-state index contributed by atoms with van der Waals surface area (Å²) in [6, 6.07) is 0.324. The molecule has 0 saturated heterocycles. The topological polar surface area (TPSA) is 58.2 Å².